The van der Waals surface area contributed by atoms with E-state index >= 15 is 0 Å². The van der Waals surface area contributed by atoms with Crippen molar-refractivity contribution in [2.24, 2.45) is 0 Å². The Morgan fingerprint density at radius 3 is 2.37 bits per heavy atom. The Hall–Kier alpha value is -0.430. The second-order valence-electron chi connectivity index (χ2n) is 7.50. The molecule has 1 saturated carbocycles. The Labute approximate surface area is 179 Å². The maximum Gasteiger partial charge on any atom is 0.109 e. The predicted octanol–water partition coefficient (Wildman–Crippen LogP) is 4.95. The van der Waals surface area contributed by atoms with Crippen LogP contribution in [0, 0.1) is 0 Å². The van der Waals surface area contributed by atoms with Gasteiger partial charge < -0.3 is 10.6 Å². The fourth-order valence-corrected chi connectivity index (χ4v) is 7.15. The smallest absolute Gasteiger partial charge is 0.109 e. The fraction of sp³-hybridized carbons (Fsp3) is 0.667. The van der Waals surface area contributed by atoms with Gasteiger partial charge in [-0.2, -0.15) is 0 Å². The zero-order chi connectivity index (χ0) is 20.0. The third-order valence-corrected chi connectivity index (χ3v) is 9.60. The molecule has 2 N–H and O–H groups in total. The number of hydrogen-bond donors (Lipinski definition) is 1. The van der Waals surface area contributed by atoms with Gasteiger partial charge in [0.1, 0.15) is 4.99 Å². The van der Waals surface area contributed by atoms with Crippen LogP contribution in [0.4, 0.5) is 5.69 Å². The predicted molar refractivity (Wildman–Crippen MR) is 129 cm³/mol. The van der Waals surface area contributed by atoms with E-state index in [1.807, 2.05) is 47.8 Å². The first-order valence-electron chi connectivity index (χ1n) is 9.83. The Balaban J connectivity index is 2.38. The largest absolute Gasteiger partial charge is 0.399 e. The second-order valence-corrected chi connectivity index (χ2v) is 10.4. The minimum atomic E-state index is 0.204. The van der Waals surface area contributed by atoms with Crippen LogP contribution in [-0.2, 0) is 0 Å². The molecule has 0 radical (unpaired) electrons. The number of benzene rings is 1. The van der Waals surface area contributed by atoms with Crippen molar-refractivity contribution < 1.29 is 0 Å². The molecule has 0 aliphatic heterocycles. The van der Waals surface area contributed by atoms with E-state index in [4.69, 9.17) is 18.0 Å². The molecular formula is C21H35N3S3. The van der Waals surface area contributed by atoms with Gasteiger partial charge in [-0.3, -0.25) is 4.90 Å². The minimum Gasteiger partial charge on any atom is -0.399 e. The molecule has 1 aliphatic rings. The van der Waals surface area contributed by atoms with Crippen LogP contribution in [0.1, 0.15) is 44.6 Å². The fourth-order valence-electron chi connectivity index (χ4n) is 4.36. The maximum absolute atomic E-state index is 5.92. The molecule has 27 heavy (non-hydrogen) atoms. The molecule has 2 unspecified atom stereocenters. The molecule has 0 saturated heterocycles. The van der Waals surface area contributed by atoms with E-state index in [0.29, 0.717) is 12.1 Å². The van der Waals surface area contributed by atoms with Crippen LogP contribution >= 0.6 is 35.7 Å². The molecule has 6 heteroatoms. The average Bonchev–Trinajstić information content (AvgIpc) is 2.87. The van der Waals surface area contributed by atoms with Gasteiger partial charge in [0.2, 0.25) is 0 Å². The number of thioether (sulfide) groups is 2. The monoisotopic (exact) mass is 425 g/mol. The number of thiocarbonyl (C=S) groups is 1. The van der Waals surface area contributed by atoms with Gasteiger partial charge in [0, 0.05) is 24.3 Å². The molecular weight excluding hydrogens is 390 g/mol. The van der Waals surface area contributed by atoms with Crippen molar-refractivity contribution in [1.82, 2.24) is 9.80 Å². The summed E-state index contributed by atoms with van der Waals surface area (Å²) in [6.07, 6.45) is 10.7. The zero-order valence-corrected chi connectivity index (χ0v) is 19.9. The van der Waals surface area contributed by atoms with Crippen LogP contribution in [0.5, 0.6) is 0 Å². The highest BCUT2D eigenvalue weighted by Crippen LogP contribution is 2.48. The molecule has 0 bridgehead atoms. The van der Waals surface area contributed by atoms with Crippen molar-refractivity contribution in [3.05, 3.63) is 29.8 Å². The van der Waals surface area contributed by atoms with Gasteiger partial charge in [-0.15, -0.1) is 23.5 Å². The number of anilines is 1. The Kier molecular flexibility index (Phi) is 8.78. The normalized spacial score (nSPS) is 22.4. The van der Waals surface area contributed by atoms with Crippen LogP contribution in [-0.4, -0.2) is 64.1 Å². The summed E-state index contributed by atoms with van der Waals surface area (Å²) in [6.45, 7) is 3.39. The van der Waals surface area contributed by atoms with Gasteiger partial charge in [-0.1, -0.05) is 32.0 Å². The number of nitrogens with two attached hydrogens (primary N) is 1. The van der Waals surface area contributed by atoms with Crippen LogP contribution in [0.15, 0.2) is 24.3 Å². The highest BCUT2D eigenvalue weighted by molar-refractivity contribution is 8.17. The van der Waals surface area contributed by atoms with E-state index in [1.165, 1.54) is 32.1 Å². The molecule has 0 aromatic heterocycles. The lowest BCUT2D eigenvalue weighted by Gasteiger charge is -2.48. The lowest BCUT2D eigenvalue weighted by molar-refractivity contribution is 0.142. The molecule has 1 aliphatic carbocycles. The summed E-state index contributed by atoms with van der Waals surface area (Å²) in [5.74, 6) is 0. The standard InChI is InChI=1S/C21H35N3S3/c1-6-15-23(2)19-18(9-7-8-14-21(19,26-4)27-5)24(3)20(25)16-10-12-17(22)13-11-16/h10-13,18-19H,6-9,14-15,22H2,1-5H3. The first kappa shape index (κ1) is 22.9. The summed E-state index contributed by atoms with van der Waals surface area (Å²) in [5.41, 5.74) is 7.73. The molecule has 0 spiro atoms. The van der Waals surface area contributed by atoms with E-state index in [0.717, 1.165) is 22.8 Å². The quantitative estimate of drug-likeness (QED) is 0.288. The van der Waals surface area contributed by atoms with Gasteiger partial charge in [-0.25, -0.2) is 0 Å². The molecule has 1 aromatic carbocycles. The zero-order valence-electron chi connectivity index (χ0n) is 17.4. The summed E-state index contributed by atoms with van der Waals surface area (Å²) >= 11 is 9.98. The van der Waals surface area contributed by atoms with E-state index in [1.54, 1.807) is 0 Å². The van der Waals surface area contributed by atoms with Crippen molar-refractivity contribution in [1.29, 1.82) is 0 Å². The van der Waals surface area contributed by atoms with Crippen molar-refractivity contribution in [3.8, 4) is 0 Å². The number of nitrogens with zero attached hydrogens (tertiary/aromatic N) is 2. The van der Waals surface area contributed by atoms with E-state index < -0.39 is 0 Å². The lowest BCUT2D eigenvalue weighted by atomic mass is 9.98. The molecule has 152 valence electrons. The molecule has 0 amide bonds. The Morgan fingerprint density at radius 2 is 1.81 bits per heavy atom. The van der Waals surface area contributed by atoms with E-state index in [2.05, 4.69) is 43.3 Å². The van der Waals surface area contributed by atoms with Gasteiger partial charge in [0.25, 0.3) is 0 Å². The number of likely N-dealkylation sites (N-methyl/N-ethyl adjacent to an activating group) is 2. The van der Waals surface area contributed by atoms with E-state index in [-0.39, 0.29) is 4.08 Å². The number of rotatable bonds is 7. The Bertz CT molecular complexity index is 601. The number of nitrogen functional groups attached to an aromatic ring is 1. The minimum absolute atomic E-state index is 0.204. The topological polar surface area (TPSA) is 32.5 Å². The maximum atomic E-state index is 5.92. The van der Waals surface area contributed by atoms with Crippen LogP contribution < -0.4 is 5.73 Å². The van der Waals surface area contributed by atoms with Crippen molar-refractivity contribution >= 4 is 46.4 Å². The molecule has 0 heterocycles. The van der Waals surface area contributed by atoms with Crippen molar-refractivity contribution in [2.75, 3.05) is 38.9 Å². The third-order valence-electron chi connectivity index (χ3n) is 5.81. The van der Waals surface area contributed by atoms with Crippen LogP contribution in [0.2, 0.25) is 0 Å². The summed E-state index contributed by atoms with van der Waals surface area (Å²) in [7, 11) is 4.49. The average molecular weight is 426 g/mol. The highest BCUT2D eigenvalue weighted by Gasteiger charge is 2.47. The Morgan fingerprint density at radius 1 is 1.19 bits per heavy atom. The molecule has 2 atom stereocenters. The third kappa shape index (κ3) is 5.14. The summed E-state index contributed by atoms with van der Waals surface area (Å²) in [4.78, 5) is 5.88. The van der Waals surface area contributed by atoms with Crippen molar-refractivity contribution in [2.45, 2.75) is 55.2 Å². The molecule has 1 aromatic rings. The highest BCUT2D eigenvalue weighted by atomic mass is 32.2. The number of hydrogen-bond acceptors (Lipinski definition) is 5. The van der Waals surface area contributed by atoms with Gasteiger partial charge in [-0.05, 0) is 69.6 Å². The second kappa shape index (κ2) is 10.4. The van der Waals surface area contributed by atoms with Crippen LogP contribution in [0.25, 0.3) is 0 Å². The van der Waals surface area contributed by atoms with Crippen LogP contribution in [0.3, 0.4) is 0 Å². The first-order chi connectivity index (χ1) is 12.9. The summed E-state index contributed by atoms with van der Waals surface area (Å²) < 4.78 is 0.204. The van der Waals surface area contributed by atoms with E-state index in [9.17, 15) is 0 Å². The summed E-state index contributed by atoms with van der Waals surface area (Å²) in [5, 5.41) is 0. The van der Waals surface area contributed by atoms with Gasteiger partial charge in [0.05, 0.1) is 10.1 Å². The molecule has 2 rings (SSSR count). The summed E-state index contributed by atoms with van der Waals surface area (Å²) in [6, 6.07) is 8.85. The first-order valence-corrected chi connectivity index (χ1v) is 12.7. The SMILES string of the molecule is CCCN(C)C1C(N(C)C(=S)c2ccc(N)cc2)CCCCC1(SC)SC. The van der Waals surface area contributed by atoms with Gasteiger partial charge in [0.15, 0.2) is 0 Å². The van der Waals surface area contributed by atoms with Gasteiger partial charge >= 0.3 is 0 Å². The van der Waals surface area contributed by atoms with Crippen molar-refractivity contribution in [3.63, 3.8) is 0 Å². The lowest BCUT2D eigenvalue weighted by Crippen LogP contribution is -2.59. The molecule has 1 fully saturated rings. The molecule has 3 nitrogen and oxygen atoms in total.